The summed E-state index contributed by atoms with van der Waals surface area (Å²) in [6.07, 6.45) is 2.41. The predicted octanol–water partition coefficient (Wildman–Crippen LogP) is 1.56. The molecule has 0 bridgehead atoms. The number of likely N-dealkylation sites (N-methyl/N-ethyl adjacent to an activating group) is 1. The number of hydrogen-bond donors (Lipinski definition) is 1. The van der Waals surface area contributed by atoms with Crippen LogP contribution in [-0.2, 0) is 11.3 Å². The van der Waals surface area contributed by atoms with Crippen molar-refractivity contribution in [3.8, 4) is 0 Å². The molecule has 106 valence electrons. The molecule has 1 aromatic heterocycles. The molecule has 1 aliphatic rings. The number of esters is 1. The maximum atomic E-state index is 11.5. The molecule has 5 heteroatoms. The van der Waals surface area contributed by atoms with Gasteiger partial charge in [0, 0.05) is 12.6 Å². The van der Waals surface area contributed by atoms with Gasteiger partial charge in [-0.1, -0.05) is 0 Å². The lowest BCUT2D eigenvalue weighted by Crippen LogP contribution is -2.43. The van der Waals surface area contributed by atoms with Crippen molar-refractivity contribution in [1.82, 2.24) is 10.2 Å². The van der Waals surface area contributed by atoms with E-state index in [-0.39, 0.29) is 5.97 Å². The smallest absolute Gasteiger partial charge is 0.341 e. The molecule has 2 rings (SSSR count). The highest BCUT2D eigenvalue weighted by molar-refractivity contribution is 5.90. The Morgan fingerprint density at radius 2 is 2.42 bits per heavy atom. The number of piperidine rings is 1. The van der Waals surface area contributed by atoms with Gasteiger partial charge in [-0.05, 0) is 39.4 Å². The molecule has 0 aliphatic carbocycles. The first-order valence-electron chi connectivity index (χ1n) is 6.69. The molecule has 2 heterocycles. The van der Waals surface area contributed by atoms with E-state index in [0.717, 1.165) is 12.3 Å². The van der Waals surface area contributed by atoms with E-state index in [1.165, 1.54) is 26.5 Å². The number of carbonyl (C=O) groups is 1. The number of methoxy groups -OCH3 is 1. The van der Waals surface area contributed by atoms with Crippen molar-refractivity contribution in [3.63, 3.8) is 0 Å². The average molecular weight is 266 g/mol. The molecule has 1 N–H and O–H groups in total. The van der Waals surface area contributed by atoms with Gasteiger partial charge < -0.3 is 19.4 Å². The third-order valence-corrected chi connectivity index (χ3v) is 3.56. The third-order valence-electron chi connectivity index (χ3n) is 3.56. The number of carbonyl (C=O) groups excluding carboxylic acids is 1. The Balaban J connectivity index is 1.91. The Morgan fingerprint density at radius 1 is 1.63 bits per heavy atom. The fraction of sp³-hybridized carbons (Fsp3) is 0.643. The van der Waals surface area contributed by atoms with Crippen molar-refractivity contribution in [3.05, 3.63) is 23.2 Å². The molecule has 1 fully saturated rings. The number of ether oxygens (including phenoxy) is 1. The van der Waals surface area contributed by atoms with Gasteiger partial charge in [0.2, 0.25) is 0 Å². The second-order valence-corrected chi connectivity index (χ2v) is 5.16. The minimum atomic E-state index is -0.343. The summed E-state index contributed by atoms with van der Waals surface area (Å²) in [6.45, 7) is 4.66. The molecule has 0 aromatic carbocycles. The van der Waals surface area contributed by atoms with Gasteiger partial charge in [-0.3, -0.25) is 0 Å². The minimum Gasteiger partial charge on any atom is -0.465 e. The molecule has 1 aromatic rings. The van der Waals surface area contributed by atoms with Crippen molar-refractivity contribution < 1.29 is 13.9 Å². The predicted molar refractivity (Wildman–Crippen MR) is 72.1 cm³/mol. The fourth-order valence-corrected chi connectivity index (χ4v) is 2.52. The van der Waals surface area contributed by atoms with Crippen LogP contribution in [-0.4, -0.2) is 44.2 Å². The van der Waals surface area contributed by atoms with Crippen LogP contribution in [0.3, 0.4) is 0 Å². The monoisotopic (exact) mass is 266 g/mol. The van der Waals surface area contributed by atoms with Crippen molar-refractivity contribution in [2.24, 2.45) is 0 Å². The number of aryl methyl sites for hydroxylation is 1. The SMILES string of the molecule is COC(=O)c1cc(CNC2CCCN(C)C2)oc1C. The first-order chi connectivity index (χ1) is 9.10. The van der Waals surface area contributed by atoms with Gasteiger partial charge >= 0.3 is 5.97 Å². The largest absolute Gasteiger partial charge is 0.465 e. The Morgan fingerprint density at radius 3 is 3.11 bits per heavy atom. The van der Waals surface area contributed by atoms with E-state index < -0.39 is 0 Å². The minimum absolute atomic E-state index is 0.343. The Hall–Kier alpha value is -1.33. The number of rotatable bonds is 4. The lowest BCUT2D eigenvalue weighted by Gasteiger charge is -2.30. The number of hydrogen-bond acceptors (Lipinski definition) is 5. The molecule has 1 aliphatic heterocycles. The summed E-state index contributed by atoms with van der Waals surface area (Å²) in [5.41, 5.74) is 0.514. The quantitative estimate of drug-likeness (QED) is 0.838. The zero-order valence-electron chi connectivity index (χ0n) is 11.9. The van der Waals surface area contributed by atoms with Crippen LogP contribution in [0.25, 0.3) is 0 Å². The molecule has 19 heavy (non-hydrogen) atoms. The molecule has 1 saturated heterocycles. The van der Waals surface area contributed by atoms with Crippen LogP contribution in [0.4, 0.5) is 0 Å². The Bertz CT molecular complexity index is 442. The van der Waals surface area contributed by atoms with Crippen LogP contribution in [0.15, 0.2) is 10.5 Å². The standard InChI is InChI=1S/C14H22N2O3/c1-10-13(14(17)18-3)7-12(19-10)8-15-11-5-4-6-16(2)9-11/h7,11,15H,4-6,8-9H2,1-3H3. The molecule has 1 unspecified atom stereocenters. The summed E-state index contributed by atoms with van der Waals surface area (Å²) >= 11 is 0. The number of nitrogens with zero attached hydrogens (tertiary/aromatic N) is 1. The lowest BCUT2D eigenvalue weighted by molar-refractivity contribution is 0.0599. The van der Waals surface area contributed by atoms with Crippen molar-refractivity contribution in [2.45, 2.75) is 32.4 Å². The Kier molecular flexibility index (Phi) is 4.61. The number of likely N-dealkylation sites (tertiary alicyclic amines) is 1. The van der Waals surface area contributed by atoms with E-state index in [1.807, 2.05) is 0 Å². The molecule has 0 saturated carbocycles. The van der Waals surface area contributed by atoms with E-state index in [4.69, 9.17) is 9.15 Å². The first-order valence-corrected chi connectivity index (χ1v) is 6.69. The van der Waals surface area contributed by atoms with Crippen molar-refractivity contribution >= 4 is 5.97 Å². The van der Waals surface area contributed by atoms with Gasteiger partial charge in [-0.2, -0.15) is 0 Å². The molecule has 0 spiro atoms. The maximum absolute atomic E-state index is 11.5. The summed E-state index contributed by atoms with van der Waals surface area (Å²) in [5.74, 6) is 1.06. The first kappa shape index (κ1) is 14.1. The zero-order valence-corrected chi connectivity index (χ0v) is 11.9. The van der Waals surface area contributed by atoms with Gasteiger partial charge in [-0.15, -0.1) is 0 Å². The highest BCUT2D eigenvalue weighted by atomic mass is 16.5. The summed E-state index contributed by atoms with van der Waals surface area (Å²) in [7, 11) is 3.52. The molecular weight excluding hydrogens is 244 g/mol. The maximum Gasteiger partial charge on any atom is 0.341 e. The highest BCUT2D eigenvalue weighted by Crippen LogP contribution is 2.16. The van der Waals surface area contributed by atoms with Gasteiger partial charge in [-0.25, -0.2) is 4.79 Å². The van der Waals surface area contributed by atoms with Crippen LogP contribution in [0, 0.1) is 6.92 Å². The number of nitrogens with one attached hydrogen (secondary N) is 1. The summed E-state index contributed by atoms with van der Waals surface area (Å²) in [5, 5.41) is 3.48. The molecule has 5 nitrogen and oxygen atoms in total. The summed E-state index contributed by atoms with van der Waals surface area (Å²) < 4.78 is 10.3. The van der Waals surface area contributed by atoms with Crippen LogP contribution >= 0.6 is 0 Å². The van der Waals surface area contributed by atoms with Crippen LogP contribution < -0.4 is 5.32 Å². The molecule has 1 atom stereocenters. The number of furan rings is 1. The van der Waals surface area contributed by atoms with Gasteiger partial charge in [0.15, 0.2) is 0 Å². The second-order valence-electron chi connectivity index (χ2n) is 5.16. The van der Waals surface area contributed by atoms with E-state index in [0.29, 0.717) is 23.9 Å². The van der Waals surface area contributed by atoms with E-state index in [1.54, 1.807) is 13.0 Å². The lowest BCUT2D eigenvalue weighted by atomic mass is 10.1. The fourth-order valence-electron chi connectivity index (χ4n) is 2.52. The van der Waals surface area contributed by atoms with Gasteiger partial charge in [0.1, 0.15) is 17.1 Å². The molecule has 0 amide bonds. The zero-order chi connectivity index (χ0) is 13.8. The van der Waals surface area contributed by atoms with Gasteiger partial charge in [0.05, 0.1) is 13.7 Å². The van der Waals surface area contributed by atoms with Crippen molar-refractivity contribution in [1.29, 1.82) is 0 Å². The molecular formula is C14H22N2O3. The highest BCUT2D eigenvalue weighted by Gasteiger charge is 2.19. The van der Waals surface area contributed by atoms with E-state index in [9.17, 15) is 4.79 Å². The van der Waals surface area contributed by atoms with E-state index in [2.05, 4.69) is 17.3 Å². The topological polar surface area (TPSA) is 54.7 Å². The summed E-state index contributed by atoms with van der Waals surface area (Å²) in [6, 6.07) is 2.26. The third kappa shape index (κ3) is 3.58. The summed E-state index contributed by atoms with van der Waals surface area (Å²) in [4.78, 5) is 13.8. The second kappa shape index (κ2) is 6.21. The average Bonchev–Trinajstić information content (AvgIpc) is 2.77. The van der Waals surface area contributed by atoms with Crippen LogP contribution in [0.5, 0.6) is 0 Å². The van der Waals surface area contributed by atoms with Crippen LogP contribution in [0.1, 0.15) is 34.7 Å². The molecule has 0 radical (unpaired) electrons. The van der Waals surface area contributed by atoms with Gasteiger partial charge in [0.25, 0.3) is 0 Å². The van der Waals surface area contributed by atoms with Crippen LogP contribution in [0.2, 0.25) is 0 Å². The van der Waals surface area contributed by atoms with E-state index >= 15 is 0 Å². The normalized spacial score (nSPS) is 20.5. The Labute approximate surface area is 113 Å². The van der Waals surface area contributed by atoms with Crippen molar-refractivity contribution in [2.75, 3.05) is 27.2 Å².